The second-order valence-corrected chi connectivity index (χ2v) is 6.66. The lowest BCUT2D eigenvalue weighted by atomic mass is 9.96. The molecule has 3 heterocycles. The van der Waals surface area contributed by atoms with Crippen LogP contribution in [0.3, 0.4) is 0 Å². The number of likely N-dealkylation sites (N-methyl/N-ethyl adjacent to an activating group) is 1. The first-order valence-corrected chi connectivity index (χ1v) is 8.48. The van der Waals surface area contributed by atoms with E-state index in [1.54, 1.807) is 6.20 Å². The summed E-state index contributed by atoms with van der Waals surface area (Å²) < 4.78 is 17.2. The molecule has 1 saturated heterocycles. The van der Waals surface area contributed by atoms with Crippen LogP contribution in [0.15, 0.2) is 22.9 Å². The molecule has 2 aromatic rings. The Balaban J connectivity index is 1.50. The SMILES string of the molecule is C[C@@H]1CN(C)C[C@H](c2nc(-c3cc(OC4CCC4)ccn3)no2)O1. The largest absolute Gasteiger partial charge is 0.490 e. The molecule has 1 saturated carbocycles. The van der Waals surface area contributed by atoms with E-state index in [1.807, 2.05) is 19.1 Å². The van der Waals surface area contributed by atoms with E-state index < -0.39 is 0 Å². The summed E-state index contributed by atoms with van der Waals surface area (Å²) >= 11 is 0. The Morgan fingerprint density at radius 1 is 1.29 bits per heavy atom. The molecule has 2 aliphatic rings. The van der Waals surface area contributed by atoms with Crippen LogP contribution in [0.1, 0.15) is 38.2 Å². The molecule has 2 aromatic heterocycles. The van der Waals surface area contributed by atoms with E-state index in [0.29, 0.717) is 23.5 Å². The van der Waals surface area contributed by atoms with Crippen LogP contribution in [0, 0.1) is 0 Å². The molecular formula is C17H22N4O3. The second kappa shape index (κ2) is 6.49. The first-order chi connectivity index (χ1) is 11.7. The van der Waals surface area contributed by atoms with Gasteiger partial charge in [0.05, 0.1) is 12.2 Å². The average molecular weight is 330 g/mol. The van der Waals surface area contributed by atoms with Crippen molar-refractivity contribution in [3.63, 3.8) is 0 Å². The molecular weight excluding hydrogens is 308 g/mol. The lowest BCUT2D eigenvalue weighted by Gasteiger charge is -2.32. The van der Waals surface area contributed by atoms with Gasteiger partial charge in [-0.1, -0.05) is 5.16 Å². The first-order valence-electron chi connectivity index (χ1n) is 8.48. The van der Waals surface area contributed by atoms with Gasteiger partial charge in [-0.05, 0) is 39.3 Å². The topological polar surface area (TPSA) is 73.5 Å². The Kier molecular flexibility index (Phi) is 4.20. The van der Waals surface area contributed by atoms with Crippen molar-refractivity contribution >= 4 is 0 Å². The lowest BCUT2D eigenvalue weighted by molar-refractivity contribution is -0.0838. The maximum absolute atomic E-state index is 5.91. The van der Waals surface area contributed by atoms with Gasteiger partial charge >= 0.3 is 0 Å². The zero-order valence-electron chi connectivity index (χ0n) is 14.0. The predicted molar refractivity (Wildman–Crippen MR) is 86.6 cm³/mol. The van der Waals surface area contributed by atoms with Gasteiger partial charge in [0.25, 0.3) is 5.89 Å². The lowest BCUT2D eigenvalue weighted by Crippen LogP contribution is -2.40. The van der Waals surface area contributed by atoms with Crippen molar-refractivity contribution in [1.29, 1.82) is 0 Å². The second-order valence-electron chi connectivity index (χ2n) is 6.66. The number of hydrogen-bond acceptors (Lipinski definition) is 7. The molecule has 0 N–H and O–H groups in total. The van der Waals surface area contributed by atoms with Crippen molar-refractivity contribution in [2.45, 2.75) is 44.5 Å². The van der Waals surface area contributed by atoms with Crippen LogP contribution in [-0.4, -0.2) is 52.4 Å². The molecule has 1 aliphatic heterocycles. The Hall–Kier alpha value is -1.99. The maximum Gasteiger partial charge on any atom is 0.257 e. The van der Waals surface area contributed by atoms with Crippen LogP contribution >= 0.6 is 0 Å². The number of aromatic nitrogens is 3. The Labute approximate surface area is 141 Å². The molecule has 0 bridgehead atoms. The van der Waals surface area contributed by atoms with Crippen LogP contribution < -0.4 is 4.74 Å². The van der Waals surface area contributed by atoms with Crippen molar-refractivity contribution in [3.8, 4) is 17.3 Å². The monoisotopic (exact) mass is 330 g/mol. The van der Waals surface area contributed by atoms with Gasteiger partial charge in [-0.3, -0.25) is 4.98 Å². The molecule has 0 radical (unpaired) electrons. The van der Waals surface area contributed by atoms with Gasteiger partial charge in [-0.25, -0.2) is 0 Å². The Morgan fingerprint density at radius 2 is 2.17 bits per heavy atom. The zero-order chi connectivity index (χ0) is 16.5. The molecule has 0 amide bonds. The fraction of sp³-hybridized carbons (Fsp3) is 0.588. The minimum absolute atomic E-state index is 0.140. The third-order valence-corrected chi connectivity index (χ3v) is 4.48. The quantitative estimate of drug-likeness (QED) is 0.852. The van der Waals surface area contributed by atoms with Crippen LogP contribution in [0.4, 0.5) is 0 Å². The summed E-state index contributed by atoms with van der Waals surface area (Å²) in [7, 11) is 2.06. The van der Waals surface area contributed by atoms with E-state index in [0.717, 1.165) is 31.7 Å². The van der Waals surface area contributed by atoms with Crippen molar-refractivity contribution in [2.75, 3.05) is 20.1 Å². The summed E-state index contributed by atoms with van der Waals surface area (Å²) in [5.41, 5.74) is 0.652. The molecule has 1 aliphatic carbocycles. The van der Waals surface area contributed by atoms with Crippen LogP contribution in [-0.2, 0) is 4.74 Å². The third-order valence-electron chi connectivity index (χ3n) is 4.48. The number of nitrogens with zero attached hydrogens (tertiary/aromatic N) is 4. The van der Waals surface area contributed by atoms with E-state index >= 15 is 0 Å². The first kappa shape index (κ1) is 15.5. The van der Waals surface area contributed by atoms with Gasteiger partial charge in [0, 0.05) is 25.4 Å². The molecule has 0 aromatic carbocycles. The summed E-state index contributed by atoms with van der Waals surface area (Å²) in [4.78, 5) is 11.0. The molecule has 4 rings (SSSR count). The number of rotatable bonds is 4. The van der Waals surface area contributed by atoms with E-state index in [4.69, 9.17) is 14.0 Å². The molecule has 0 unspecified atom stereocenters. The molecule has 24 heavy (non-hydrogen) atoms. The van der Waals surface area contributed by atoms with Crippen molar-refractivity contribution in [1.82, 2.24) is 20.0 Å². The van der Waals surface area contributed by atoms with Crippen LogP contribution in [0.25, 0.3) is 11.5 Å². The minimum atomic E-state index is -0.200. The number of morpholine rings is 1. The van der Waals surface area contributed by atoms with Crippen molar-refractivity contribution in [3.05, 3.63) is 24.2 Å². The predicted octanol–water partition coefficient (Wildman–Crippen LogP) is 2.45. The zero-order valence-corrected chi connectivity index (χ0v) is 14.0. The highest BCUT2D eigenvalue weighted by Crippen LogP contribution is 2.28. The number of hydrogen-bond donors (Lipinski definition) is 0. The molecule has 128 valence electrons. The number of ether oxygens (including phenoxy) is 2. The van der Waals surface area contributed by atoms with Gasteiger partial charge in [0.1, 0.15) is 17.5 Å². The average Bonchev–Trinajstić information content (AvgIpc) is 3.00. The fourth-order valence-electron chi connectivity index (χ4n) is 3.06. The standard InChI is InChI=1S/C17H22N4O3/c1-11-9-21(2)10-15(22-11)17-19-16(20-24-17)14-8-13(6-7-18-14)23-12-4-3-5-12/h6-8,11-12,15H,3-5,9-10H2,1-2H3/t11-,15-/m1/s1. The van der Waals surface area contributed by atoms with Gasteiger partial charge in [-0.15, -0.1) is 0 Å². The van der Waals surface area contributed by atoms with E-state index in [1.165, 1.54) is 6.42 Å². The van der Waals surface area contributed by atoms with Crippen molar-refractivity contribution < 1.29 is 14.0 Å². The molecule has 2 atom stereocenters. The third kappa shape index (κ3) is 3.27. The molecule has 0 spiro atoms. The summed E-state index contributed by atoms with van der Waals surface area (Å²) in [6, 6.07) is 3.73. The number of pyridine rings is 1. The van der Waals surface area contributed by atoms with Gasteiger partial charge < -0.3 is 18.9 Å². The fourth-order valence-corrected chi connectivity index (χ4v) is 3.06. The van der Waals surface area contributed by atoms with Gasteiger partial charge in [0.2, 0.25) is 5.82 Å². The van der Waals surface area contributed by atoms with Gasteiger partial charge in [0.15, 0.2) is 0 Å². The molecule has 2 fully saturated rings. The van der Waals surface area contributed by atoms with Crippen LogP contribution in [0.2, 0.25) is 0 Å². The summed E-state index contributed by atoms with van der Waals surface area (Å²) in [5.74, 6) is 1.77. The highest BCUT2D eigenvalue weighted by atomic mass is 16.5. The summed E-state index contributed by atoms with van der Waals surface area (Å²) in [5, 5.41) is 4.06. The maximum atomic E-state index is 5.91. The Bertz CT molecular complexity index is 691. The van der Waals surface area contributed by atoms with E-state index in [-0.39, 0.29) is 12.2 Å². The van der Waals surface area contributed by atoms with Crippen LogP contribution in [0.5, 0.6) is 5.75 Å². The highest BCUT2D eigenvalue weighted by Gasteiger charge is 2.29. The smallest absolute Gasteiger partial charge is 0.257 e. The summed E-state index contributed by atoms with van der Waals surface area (Å²) in [6.45, 7) is 3.69. The summed E-state index contributed by atoms with van der Waals surface area (Å²) in [6.07, 6.45) is 5.46. The van der Waals surface area contributed by atoms with E-state index in [9.17, 15) is 0 Å². The highest BCUT2D eigenvalue weighted by molar-refractivity contribution is 5.50. The molecule has 7 heteroatoms. The normalized spacial score (nSPS) is 25.4. The minimum Gasteiger partial charge on any atom is -0.490 e. The van der Waals surface area contributed by atoms with Gasteiger partial charge in [-0.2, -0.15) is 4.98 Å². The van der Waals surface area contributed by atoms with E-state index in [2.05, 4.69) is 27.1 Å². The van der Waals surface area contributed by atoms with Crippen molar-refractivity contribution in [2.24, 2.45) is 0 Å². The Morgan fingerprint density at radius 3 is 2.92 bits per heavy atom. The molecule has 7 nitrogen and oxygen atoms in total.